The maximum Gasteiger partial charge on any atom is 0.213 e. The molecule has 0 N–H and O–H groups in total. The number of aryl methyl sites for hydroxylation is 2. The molecule has 2 heterocycles. The Hall–Kier alpha value is -1.77. The third kappa shape index (κ3) is 2.01. The molecule has 2 rings (SSSR count). The van der Waals surface area contributed by atoms with E-state index in [9.17, 15) is 4.39 Å². The van der Waals surface area contributed by atoms with Crippen molar-refractivity contribution < 1.29 is 4.39 Å². The van der Waals surface area contributed by atoms with Gasteiger partial charge >= 0.3 is 0 Å². The van der Waals surface area contributed by atoms with Crippen molar-refractivity contribution >= 4 is 0 Å². The van der Waals surface area contributed by atoms with Crippen LogP contribution in [0.25, 0.3) is 11.1 Å². The molecular formula is C12H10FN2. The van der Waals surface area contributed by atoms with Gasteiger partial charge in [-0.1, -0.05) is 0 Å². The summed E-state index contributed by atoms with van der Waals surface area (Å²) in [4.78, 5) is 7.73. The Labute approximate surface area is 87.8 Å². The van der Waals surface area contributed by atoms with E-state index < -0.39 is 5.95 Å². The van der Waals surface area contributed by atoms with Crippen LogP contribution in [0.3, 0.4) is 0 Å². The monoisotopic (exact) mass is 201 g/mol. The first-order valence-corrected chi connectivity index (χ1v) is 4.64. The molecule has 0 aliphatic rings. The lowest BCUT2D eigenvalue weighted by molar-refractivity contribution is 0.584. The zero-order chi connectivity index (χ0) is 10.8. The van der Waals surface area contributed by atoms with Gasteiger partial charge in [-0.25, -0.2) is 4.98 Å². The maximum atomic E-state index is 12.9. The van der Waals surface area contributed by atoms with Gasteiger partial charge in [0.2, 0.25) is 5.95 Å². The number of halogens is 1. The summed E-state index contributed by atoms with van der Waals surface area (Å²) in [6, 6.07) is 6.30. The molecule has 2 aromatic rings. The summed E-state index contributed by atoms with van der Waals surface area (Å²) >= 11 is 0. The molecule has 1 radical (unpaired) electrons. The summed E-state index contributed by atoms with van der Waals surface area (Å²) in [7, 11) is 0. The van der Waals surface area contributed by atoms with Crippen LogP contribution in [0.15, 0.2) is 24.5 Å². The van der Waals surface area contributed by atoms with Crippen LogP contribution in [-0.2, 0) is 0 Å². The summed E-state index contributed by atoms with van der Waals surface area (Å²) in [5.74, 6) is -0.484. The highest BCUT2D eigenvalue weighted by atomic mass is 19.1. The van der Waals surface area contributed by atoms with Gasteiger partial charge in [-0.15, -0.1) is 0 Å². The zero-order valence-corrected chi connectivity index (χ0v) is 8.58. The zero-order valence-electron chi connectivity index (χ0n) is 8.58. The van der Waals surface area contributed by atoms with Gasteiger partial charge in [0.1, 0.15) is 0 Å². The molecule has 0 unspecified atom stereocenters. The molecule has 3 heteroatoms. The molecule has 2 nitrogen and oxygen atoms in total. The Kier molecular flexibility index (Phi) is 2.46. The number of nitrogens with zero attached hydrogens (tertiary/aromatic N) is 2. The minimum Gasteiger partial charge on any atom is -0.261 e. The van der Waals surface area contributed by atoms with Gasteiger partial charge in [-0.05, 0) is 37.1 Å². The van der Waals surface area contributed by atoms with Crippen molar-refractivity contribution in [2.45, 2.75) is 13.8 Å². The second-order valence-corrected chi connectivity index (χ2v) is 3.39. The lowest BCUT2D eigenvalue weighted by Gasteiger charge is -2.05. The molecule has 0 aromatic carbocycles. The molecule has 0 bridgehead atoms. The van der Waals surface area contributed by atoms with Crippen molar-refractivity contribution in [3.05, 3.63) is 47.8 Å². The van der Waals surface area contributed by atoms with Crippen LogP contribution in [0.1, 0.15) is 11.3 Å². The van der Waals surface area contributed by atoms with Crippen LogP contribution in [0.2, 0.25) is 0 Å². The lowest BCUT2D eigenvalue weighted by Crippen LogP contribution is -1.91. The average Bonchev–Trinajstić information content (AvgIpc) is 2.22. The second-order valence-electron chi connectivity index (χ2n) is 3.39. The van der Waals surface area contributed by atoms with E-state index in [0.717, 1.165) is 22.4 Å². The highest BCUT2D eigenvalue weighted by Gasteiger charge is 2.05. The van der Waals surface area contributed by atoms with E-state index in [-0.39, 0.29) is 0 Å². The summed E-state index contributed by atoms with van der Waals surface area (Å²) in [5.41, 5.74) is 3.37. The molecule has 0 aliphatic carbocycles. The van der Waals surface area contributed by atoms with Crippen LogP contribution in [-0.4, -0.2) is 9.97 Å². The molecule has 0 saturated carbocycles. The Morgan fingerprint density at radius 1 is 1.27 bits per heavy atom. The molecule has 2 aromatic heterocycles. The Morgan fingerprint density at radius 3 is 2.80 bits per heavy atom. The van der Waals surface area contributed by atoms with E-state index in [2.05, 4.69) is 16.0 Å². The first-order valence-electron chi connectivity index (χ1n) is 4.64. The van der Waals surface area contributed by atoms with Gasteiger partial charge in [-0.2, -0.15) is 4.39 Å². The molecular weight excluding hydrogens is 191 g/mol. The third-order valence-corrected chi connectivity index (χ3v) is 2.15. The molecule has 75 valence electrons. The van der Waals surface area contributed by atoms with Gasteiger partial charge < -0.3 is 0 Å². The van der Waals surface area contributed by atoms with Crippen molar-refractivity contribution in [3.63, 3.8) is 0 Å². The number of rotatable bonds is 1. The number of hydrogen-bond donors (Lipinski definition) is 0. The minimum atomic E-state index is -0.484. The lowest BCUT2D eigenvalue weighted by atomic mass is 10.0. The summed E-state index contributed by atoms with van der Waals surface area (Å²) < 4.78 is 12.9. The fraction of sp³-hybridized carbons (Fsp3) is 0.167. The van der Waals surface area contributed by atoms with Crippen molar-refractivity contribution in [1.29, 1.82) is 0 Å². The molecule has 0 saturated heterocycles. The summed E-state index contributed by atoms with van der Waals surface area (Å²) in [6.45, 7) is 3.79. The van der Waals surface area contributed by atoms with Crippen molar-refractivity contribution in [2.75, 3.05) is 0 Å². The fourth-order valence-electron chi connectivity index (χ4n) is 1.42. The fourth-order valence-corrected chi connectivity index (χ4v) is 1.42. The normalized spacial score (nSPS) is 10.3. The molecule has 0 atom stereocenters. The molecule has 15 heavy (non-hydrogen) atoms. The van der Waals surface area contributed by atoms with E-state index >= 15 is 0 Å². The van der Waals surface area contributed by atoms with Crippen LogP contribution in [0.4, 0.5) is 4.39 Å². The van der Waals surface area contributed by atoms with Gasteiger partial charge in [0, 0.05) is 29.7 Å². The Balaban J connectivity index is 2.58. The van der Waals surface area contributed by atoms with Gasteiger partial charge in [0.05, 0.1) is 0 Å². The largest absolute Gasteiger partial charge is 0.261 e. The highest BCUT2D eigenvalue weighted by Crippen LogP contribution is 2.21. The maximum absolute atomic E-state index is 12.9. The Morgan fingerprint density at radius 2 is 2.07 bits per heavy atom. The number of pyridine rings is 2. The first kappa shape index (κ1) is 9.77. The van der Waals surface area contributed by atoms with Crippen LogP contribution in [0, 0.1) is 25.9 Å². The predicted octanol–water partition coefficient (Wildman–Crippen LogP) is 2.70. The molecule has 0 amide bonds. The number of hydrogen-bond acceptors (Lipinski definition) is 2. The van der Waals surface area contributed by atoms with E-state index in [1.807, 2.05) is 13.8 Å². The molecule has 0 aliphatic heterocycles. The molecule has 0 spiro atoms. The van der Waals surface area contributed by atoms with Crippen molar-refractivity contribution in [3.8, 4) is 11.1 Å². The quantitative estimate of drug-likeness (QED) is 0.663. The van der Waals surface area contributed by atoms with Crippen LogP contribution >= 0.6 is 0 Å². The smallest absolute Gasteiger partial charge is 0.213 e. The highest BCUT2D eigenvalue weighted by molar-refractivity contribution is 5.64. The van der Waals surface area contributed by atoms with Crippen molar-refractivity contribution in [1.82, 2.24) is 9.97 Å². The van der Waals surface area contributed by atoms with Crippen LogP contribution < -0.4 is 0 Å². The van der Waals surface area contributed by atoms with Gasteiger partial charge in [0.25, 0.3) is 0 Å². The molecule has 0 fully saturated rings. The second kappa shape index (κ2) is 3.77. The standard InChI is InChI=1S/C12H10FN2/c1-8-5-11(9(2)15-7-8)10-3-4-14-12(13)6-10/h3-4,6-7H,1-2H3. The summed E-state index contributed by atoms with van der Waals surface area (Å²) in [6.07, 6.45) is 3.19. The third-order valence-electron chi connectivity index (χ3n) is 2.15. The summed E-state index contributed by atoms with van der Waals surface area (Å²) in [5, 5.41) is 0. The SMILES string of the molecule is Cc1[c]c(-c2ccnc(F)c2)c(C)nc1. The first-order chi connectivity index (χ1) is 7.16. The topological polar surface area (TPSA) is 25.8 Å². The average molecular weight is 201 g/mol. The van der Waals surface area contributed by atoms with Crippen molar-refractivity contribution in [2.24, 2.45) is 0 Å². The van der Waals surface area contributed by atoms with Gasteiger partial charge in [-0.3, -0.25) is 4.98 Å². The number of aromatic nitrogens is 2. The van der Waals surface area contributed by atoms with E-state index in [4.69, 9.17) is 0 Å². The van der Waals surface area contributed by atoms with E-state index in [1.54, 1.807) is 12.3 Å². The predicted molar refractivity (Wildman–Crippen MR) is 55.7 cm³/mol. The van der Waals surface area contributed by atoms with E-state index in [0.29, 0.717) is 0 Å². The van der Waals surface area contributed by atoms with Gasteiger partial charge in [0.15, 0.2) is 0 Å². The minimum absolute atomic E-state index is 0.484. The van der Waals surface area contributed by atoms with E-state index in [1.165, 1.54) is 12.3 Å². The Bertz CT molecular complexity index is 495. The van der Waals surface area contributed by atoms with Crippen LogP contribution in [0.5, 0.6) is 0 Å².